The van der Waals surface area contributed by atoms with Gasteiger partial charge in [0.15, 0.2) is 0 Å². The van der Waals surface area contributed by atoms with Crippen LogP contribution in [0.5, 0.6) is 0 Å². The van der Waals surface area contributed by atoms with Gasteiger partial charge >= 0.3 is 0 Å². The standard InChI is InChI=1S/C12H20N2S/c1-9(12-6-3-7-15-12)14-11-5-2-4-10(13)8-11/h3,6-7,9-11,14H,2,4-5,8,13H2,1H3/t9-,10?,11?/m1/s1. The van der Waals surface area contributed by atoms with E-state index in [1.54, 1.807) is 0 Å². The highest BCUT2D eigenvalue weighted by molar-refractivity contribution is 7.10. The van der Waals surface area contributed by atoms with Crippen molar-refractivity contribution in [1.82, 2.24) is 5.32 Å². The molecule has 1 aliphatic carbocycles. The smallest absolute Gasteiger partial charge is 0.0388 e. The first-order valence-electron chi connectivity index (χ1n) is 5.80. The molecule has 2 unspecified atom stereocenters. The van der Waals surface area contributed by atoms with Gasteiger partial charge in [0, 0.05) is 23.0 Å². The van der Waals surface area contributed by atoms with Crippen molar-refractivity contribution in [2.45, 2.75) is 50.7 Å². The Hall–Kier alpha value is -0.380. The number of nitrogens with two attached hydrogens (primary N) is 1. The van der Waals surface area contributed by atoms with E-state index >= 15 is 0 Å². The Kier molecular flexibility index (Phi) is 3.78. The summed E-state index contributed by atoms with van der Waals surface area (Å²) in [7, 11) is 0. The lowest BCUT2D eigenvalue weighted by atomic mass is 9.91. The van der Waals surface area contributed by atoms with Crippen molar-refractivity contribution >= 4 is 11.3 Å². The number of hydrogen-bond acceptors (Lipinski definition) is 3. The molecule has 1 aromatic heterocycles. The molecular formula is C12H20N2S. The van der Waals surface area contributed by atoms with Crippen LogP contribution in [0.25, 0.3) is 0 Å². The Morgan fingerprint density at radius 3 is 3.07 bits per heavy atom. The third kappa shape index (κ3) is 3.03. The molecule has 2 rings (SSSR count). The molecule has 3 atom stereocenters. The van der Waals surface area contributed by atoms with E-state index in [1.807, 2.05) is 11.3 Å². The van der Waals surface area contributed by atoms with Crippen molar-refractivity contribution < 1.29 is 0 Å². The molecule has 1 aliphatic rings. The molecule has 1 aromatic rings. The normalized spacial score (nSPS) is 28.9. The van der Waals surface area contributed by atoms with Crippen LogP contribution in [0.15, 0.2) is 17.5 Å². The Morgan fingerprint density at radius 1 is 1.53 bits per heavy atom. The van der Waals surface area contributed by atoms with Gasteiger partial charge in [0.25, 0.3) is 0 Å². The Balaban J connectivity index is 1.86. The molecule has 3 N–H and O–H groups in total. The highest BCUT2D eigenvalue weighted by atomic mass is 32.1. The van der Waals surface area contributed by atoms with E-state index in [0.717, 1.165) is 6.42 Å². The van der Waals surface area contributed by atoms with Crippen LogP contribution in [-0.2, 0) is 0 Å². The van der Waals surface area contributed by atoms with E-state index in [2.05, 4.69) is 29.8 Å². The van der Waals surface area contributed by atoms with Gasteiger partial charge in [-0.25, -0.2) is 0 Å². The molecule has 1 fully saturated rings. The Labute approximate surface area is 95.9 Å². The third-order valence-corrected chi connectivity index (χ3v) is 4.23. The van der Waals surface area contributed by atoms with Crippen molar-refractivity contribution in [1.29, 1.82) is 0 Å². The molecule has 84 valence electrons. The van der Waals surface area contributed by atoms with Gasteiger partial charge in [-0.3, -0.25) is 0 Å². The zero-order valence-corrected chi connectivity index (χ0v) is 10.1. The summed E-state index contributed by atoms with van der Waals surface area (Å²) in [5.74, 6) is 0. The van der Waals surface area contributed by atoms with Crippen LogP contribution in [0.4, 0.5) is 0 Å². The van der Waals surface area contributed by atoms with Gasteiger partial charge in [0.2, 0.25) is 0 Å². The van der Waals surface area contributed by atoms with Crippen LogP contribution >= 0.6 is 11.3 Å². The summed E-state index contributed by atoms with van der Waals surface area (Å²) in [4.78, 5) is 1.43. The van der Waals surface area contributed by atoms with E-state index < -0.39 is 0 Å². The fraction of sp³-hybridized carbons (Fsp3) is 0.667. The minimum Gasteiger partial charge on any atom is -0.328 e. The molecule has 15 heavy (non-hydrogen) atoms. The van der Waals surface area contributed by atoms with Crippen LogP contribution < -0.4 is 11.1 Å². The molecule has 0 aliphatic heterocycles. The third-order valence-electron chi connectivity index (χ3n) is 3.17. The van der Waals surface area contributed by atoms with Crippen molar-refractivity contribution in [2.75, 3.05) is 0 Å². The summed E-state index contributed by atoms with van der Waals surface area (Å²) in [6.45, 7) is 2.24. The first-order chi connectivity index (χ1) is 7.25. The van der Waals surface area contributed by atoms with Crippen molar-refractivity contribution in [3.8, 4) is 0 Å². The molecule has 0 aromatic carbocycles. The predicted octanol–water partition coefficient (Wildman–Crippen LogP) is 2.67. The molecule has 0 amide bonds. The molecule has 1 heterocycles. The van der Waals surface area contributed by atoms with E-state index in [9.17, 15) is 0 Å². The molecule has 0 bridgehead atoms. The molecular weight excluding hydrogens is 204 g/mol. The summed E-state index contributed by atoms with van der Waals surface area (Å²) in [5, 5.41) is 5.82. The monoisotopic (exact) mass is 224 g/mol. The summed E-state index contributed by atoms with van der Waals surface area (Å²) < 4.78 is 0. The second-order valence-electron chi connectivity index (χ2n) is 4.53. The topological polar surface area (TPSA) is 38.0 Å². The van der Waals surface area contributed by atoms with Gasteiger partial charge in [-0.05, 0) is 37.6 Å². The largest absolute Gasteiger partial charge is 0.328 e. The maximum absolute atomic E-state index is 5.98. The average molecular weight is 224 g/mol. The average Bonchev–Trinajstić information content (AvgIpc) is 2.70. The van der Waals surface area contributed by atoms with Crippen molar-refractivity contribution in [3.05, 3.63) is 22.4 Å². The summed E-state index contributed by atoms with van der Waals surface area (Å²) in [6.07, 6.45) is 4.89. The van der Waals surface area contributed by atoms with Gasteiger partial charge < -0.3 is 11.1 Å². The van der Waals surface area contributed by atoms with Crippen LogP contribution in [0.3, 0.4) is 0 Å². The first kappa shape index (κ1) is 11.1. The molecule has 0 saturated heterocycles. The lowest BCUT2D eigenvalue weighted by Gasteiger charge is -2.29. The molecule has 0 radical (unpaired) electrons. The van der Waals surface area contributed by atoms with Gasteiger partial charge in [-0.2, -0.15) is 0 Å². The quantitative estimate of drug-likeness (QED) is 0.828. The van der Waals surface area contributed by atoms with Gasteiger partial charge in [0.1, 0.15) is 0 Å². The highest BCUT2D eigenvalue weighted by Crippen LogP contribution is 2.23. The van der Waals surface area contributed by atoms with Crippen molar-refractivity contribution in [2.24, 2.45) is 5.73 Å². The fourth-order valence-corrected chi connectivity index (χ4v) is 3.10. The lowest BCUT2D eigenvalue weighted by molar-refractivity contribution is 0.320. The summed E-state index contributed by atoms with van der Waals surface area (Å²) in [6, 6.07) is 5.81. The molecule has 3 heteroatoms. The number of hydrogen-bond donors (Lipinski definition) is 2. The van der Waals surface area contributed by atoms with Crippen LogP contribution in [0.1, 0.15) is 43.5 Å². The van der Waals surface area contributed by atoms with E-state index in [4.69, 9.17) is 5.73 Å². The molecule has 2 nitrogen and oxygen atoms in total. The Bertz CT molecular complexity index is 284. The minimum atomic E-state index is 0.409. The van der Waals surface area contributed by atoms with Crippen LogP contribution in [0.2, 0.25) is 0 Å². The first-order valence-corrected chi connectivity index (χ1v) is 6.68. The van der Waals surface area contributed by atoms with E-state index in [-0.39, 0.29) is 0 Å². The van der Waals surface area contributed by atoms with E-state index in [1.165, 1.54) is 24.1 Å². The van der Waals surface area contributed by atoms with Gasteiger partial charge in [-0.1, -0.05) is 12.5 Å². The highest BCUT2D eigenvalue weighted by Gasteiger charge is 2.20. The van der Waals surface area contributed by atoms with E-state index in [0.29, 0.717) is 18.1 Å². The zero-order chi connectivity index (χ0) is 10.7. The van der Waals surface area contributed by atoms with Gasteiger partial charge in [0.05, 0.1) is 0 Å². The minimum absolute atomic E-state index is 0.409. The number of rotatable bonds is 3. The fourth-order valence-electron chi connectivity index (χ4n) is 2.35. The number of nitrogens with one attached hydrogen (secondary N) is 1. The second-order valence-corrected chi connectivity index (χ2v) is 5.51. The zero-order valence-electron chi connectivity index (χ0n) is 9.28. The second kappa shape index (κ2) is 5.10. The summed E-state index contributed by atoms with van der Waals surface area (Å²) in [5.41, 5.74) is 5.98. The predicted molar refractivity (Wildman–Crippen MR) is 66.1 cm³/mol. The summed E-state index contributed by atoms with van der Waals surface area (Å²) >= 11 is 1.83. The van der Waals surface area contributed by atoms with Crippen LogP contribution in [0, 0.1) is 0 Å². The van der Waals surface area contributed by atoms with Crippen LogP contribution in [-0.4, -0.2) is 12.1 Å². The lowest BCUT2D eigenvalue weighted by Crippen LogP contribution is -2.40. The Morgan fingerprint density at radius 2 is 2.40 bits per heavy atom. The maximum atomic E-state index is 5.98. The molecule has 1 saturated carbocycles. The maximum Gasteiger partial charge on any atom is 0.0388 e. The van der Waals surface area contributed by atoms with Crippen molar-refractivity contribution in [3.63, 3.8) is 0 Å². The SMILES string of the molecule is C[C@@H](NC1CCCC(N)C1)c1cccs1. The van der Waals surface area contributed by atoms with Gasteiger partial charge in [-0.15, -0.1) is 11.3 Å². The number of thiophene rings is 1. The molecule has 0 spiro atoms.